The highest BCUT2D eigenvalue weighted by atomic mass is 32.2. The highest BCUT2D eigenvalue weighted by Crippen LogP contribution is 2.28. The van der Waals surface area contributed by atoms with Gasteiger partial charge in [-0.1, -0.05) is 0 Å². The van der Waals surface area contributed by atoms with E-state index in [4.69, 9.17) is 5.11 Å². The highest BCUT2D eigenvalue weighted by molar-refractivity contribution is 7.99. The van der Waals surface area contributed by atoms with E-state index in [0.29, 0.717) is 18.2 Å². The lowest BCUT2D eigenvalue weighted by atomic mass is 10.2. The van der Waals surface area contributed by atoms with Crippen molar-refractivity contribution in [3.8, 4) is 0 Å². The van der Waals surface area contributed by atoms with Gasteiger partial charge in [0.05, 0.1) is 0 Å². The number of hydrogen-bond donors (Lipinski definition) is 2. The van der Waals surface area contributed by atoms with E-state index < -0.39 is 5.97 Å². The summed E-state index contributed by atoms with van der Waals surface area (Å²) in [5, 5.41) is 12.2. The number of thioether (sulfide) groups is 1. The fourth-order valence-electron chi connectivity index (χ4n) is 2.14. The number of hydrogen-bond acceptors (Lipinski definition) is 3. The quantitative estimate of drug-likeness (QED) is 0.774. The van der Waals surface area contributed by atoms with Gasteiger partial charge >= 0.3 is 12.0 Å². The second-order valence-electron chi connectivity index (χ2n) is 4.74. The molecule has 1 saturated carbocycles. The van der Waals surface area contributed by atoms with Crippen molar-refractivity contribution in [3.05, 3.63) is 0 Å². The fourth-order valence-corrected chi connectivity index (χ4v) is 2.94. The molecule has 18 heavy (non-hydrogen) atoms. The maximum Gasteiger partial charge on any atom is 0.317 e. The van der Waals surface area contributed by atoms with Crippen molar-refractivity contribution >= 4 is 23.8 Å². The summed E-state index contributed by atoms with van der Waals surface area (Å²) < 4.78 is 0. The first-order valence-electron chi connectivity index (χ1n) is 6.29. The Balaban J connectivity index is 2.21. The van der Waals surface area contributed by atoms with Crippen LogP contribution in [-0.4, -0.2) is 53.1 Å². The molecule has 0 saturated heterocycles. The molecule has 2 N–H and O–H groups in total. The lowest BCUT2D eigenvalue weighted by Crippen LogP contribution is -2.42. The number of rotatable bonds is 6. The summed E-state index contributed by atoms with van der Waals surface area (Å²) in [6, 6.07) is 0.184. The molecule has 2 atom stereocenters. The number of carbonyl (C=O) groups excluding carboxylic acids is 1. The Morgan fingerprint density at radius 1 is 1.44 bits per heavy atom. The molecule has 0 aromatic heterocycles. The van der Waals surface area contributed by atoms with E-state index >= 15 is 0 Å². The molecule has 6 heteroatoms. The topological polar surface area (TPSA) is 69.6 Å². The minimum atomic E-state index is -0.817. The monoisotopic (exact) mass is 274 g/mol. The van der Waals surface area contributed by atoms with Gasteiger partial charge in [-0.25, -0.2) is 4.79 Å². The van der Waals surface area contributed by atoms with Crippen molar-refractivity contribution in [1.82, 2.24) is 10.2 Å². The number of carbonyl (C=O) groups is 2. The van der Waals surface area contributed by atoms with Crippen molar-refractivity contribution in [2.45, 2.75) is 43.4 Å². The van der Waals surface area contributed by atoms with Gasteiger partial charge in [-0.15, -0.1) is 0 Å². The molecule has 0 spiro atoms. The van der Waals surface area contributed by atoms with Gasteiger partial charge in [0.1, 0.15) is 0 Å². The predicted octanol–water partition coefficient (Wildman–Crippen LogP) is 1.78. The van der Waals surface area contributed by atoms with Gasteiger partial charge in [0.25, 0.3) is 0 Å². The van der Waals surface area contributed by atoms with Crippen LogP contribution in [0, 0.1) is 0 Å². The Morgan fingerprint density at radius 2 is 2.17 bits per heavy atom. The molecule has 0 radical (unpaired) electrons. The average molecular weight is 274 g/mol. The van der Waals surface area contributed by atoms with E-state index in [0.717, 1.165) is 19.3 Å². The average Bonchev–Trinajstić information content (AvgIpc) is 2.76. The lowest BCUT2D eigenvalue weighted by Gasteiger charge is -2.20. The molecule has 104 valence electrons. The van der Waals surface area contributed by atoms with Crippen molar-refractivity contribution in [2.75, 3.05) is 19.8 Å². The number of carboxylic acid groups (broad SMARTS) is 1. The highest BCUT2D eigenvalue weighted by Gasteiger charge is 2.25. The number of carboxylic acids is 1. The molecule has 1 fully saturated rings. The van der Waals surface area contributed by atoms with Crippen LogP contribution in [0.15, 0.2) is 0 Å². The number of aliphatic carboxylic acids is 1. The fraction of sp³-hybridized carbons (Fsp3) is 0.833. The maximum atomic E-state index is 11.8. The zero-order chi connectivity index (χ0) is 13.5. The normalized spacial score (nSPS) is 22.8. The van der Waals surface area contributed by atoms with Gasteiger partial charge < -0.3 is 15.3 Å². The summed E-state index contributed by atoms with van der Waals surface area (Å²) in [7, 11) is 1.71. The molecule has 5 nitrogen and oxygen atoms in total. The molecule has 0 bridgehead atoms. The molecule has 1 aliphatic carbocycles. The van der Waals surface area contributed by atoms with E-state index in [1.807, 2.05) is 11.8 Å². The number of nitrogens with zero attached hydrogens (tertiary/aromatic N) is 1. The molecule has 0 aliphatic heterocycles. The third-order valence-corrected chi connectivity index (χ3v) is 4.37. The zero-order valence-corrected chi connectivity index (χ0v) is 11.8. The molecule has 1 rings (SSSR count). The largest absolute Gasteiger partial charge is 0.481 e. The Morgan fingerprint density at radius 3 is 2.72 bits per heavy atom. The lowest BCUT2D eigenvalue weighted by molar-refractivity contribution is -0.137. The summed E-state index contributed by atoms with van der Waals surface area (Å²) >= 11 is 1.86. The second-order valence-corrected chi connectivity index (χ2v) is 5.87. The maximum absolute atomic E-state index is 11.8. The second kappa shape index (κ2) is 7.51. The standard InChI is InChI=1S/C12H22N2O3S/c1-14(7-3-4-11(15)16)12(17)13-9-5-6-10(8-9)18-2/h9-10H,3-8H2,1-2H3,(H,13,17)(H,15,16). The van der Waals surface area contributed by atoms with Crippen molar-refractivity contribution in [3.63, 3.8) is 0 Å². The minimum absolute atomic E-state index is 0.0906. The summed E-state index contributed by atoms with van der Waals surface area (Å²) in [6.07, 6.45) is 5.95. The molecule has 2 amide bonds. The summed E-state index contributed by atoms with van der Waals surface area (Å²) in [4.78, 5) is 23.8. The Hall–Kier alpha value is -0.910. The third kappa shape index (κ3) is 5.16. The van der Waals surface area contributed by atoms with Crippen LogP contribution in [0.4, 0.5) is 4.79 Å². The van der Waals surface area contributed by atoms with Crippen LogP contribution >= 0.6 is 11.8 Å². The van der Waals surface area contributed by atoms with Crippen molar-refractivity contribution in [1.29, 1.82) is 0 Å². The van der Waals surface area contributed by atoms with Crippen LogP contribution in [0.2, 0.25) is 0 Å². The first-order chi connectivity index (χ1) is 8.52. The van der Waals surface area contributed by atoms with E-state index in [1.54, 1.807) is 11.9 Å². The first kappa shape index (κ1) is 15.1. The van der Waals surface area contributed by atoms with E-state index in [9.17, 15) is 9.59 Å². The van der Waals surface area contributed by atoms with Crippen LogP contribution in [0.25, 0.3) is 0 Å². The predicted molar refractivity (Wildman–Crippen MR) is 73.0 cm³/mol. The summed E-state index contributed by atoms with van der Waals surface area (Å²) in [6.45, 7) is 0.483. The van der Waals surface area contributed by atoms with Gasteiger partial charge in [0.15, 0.2) is 0 Å². The van der Waals surface area contributed by atoms with Gasteiger partial charge in [-0.3, -0.25) is 4.79 Å². The third-order valence-electron chi connectivity index (χ3n) is 3.28. The minimum Gasteiger partial charge on any atom is -0.481 e. The van der Waals surface area contributed by atoms with Crippen LogP contribution in [0.5, 0.6) is 0 Å². The van der Waals surface area contributed by atoms with Gasteiger partial charge in [-0.2, -0.15) is 11.8 Å². The van der Waals surface area contributed by atoms with E-state index in [-0.39, 0.29) is 18.5 Å². The zero-order valence-electron chi connectivity index (χ0n) is 11.0. The Bertz CT molecular complexity index is 299. The molecule has 0 aromatic carbocycles. The first-order valence-corrected chi connectivity index (χ1v) is 7.58. The number of nitrogens with one attached hydrogen (secondary N) is 1. The summed E-state index contributed by atoms with van der Waals surface area (Å²) in [5.74, 6) is -0.817. The van der Waals surface area contributed by atoms with Gasteiger partial charge in [0, 0.05) is 31.3 Å². The van der Waals surface area contributed by atoms with Crippen LogP contribution < -0.4 is 5.32 Å². The number of amides is 2. The Kier molecular flexibility index (Phi) is 6.32. The van der Waals surface area contributed by atoms with E-state index in [2.05, 4.69) is 11.6 Å². The molecular weight excluding hydrogens is 252 g/mol. The number of urea groups is 1. The van der Waals surface area contributed by atoms with Crippen molar-refractivity contribution in [2.24, 2.45) is 0 Å². The molecule has 1 aliphatic rings. The smallest absolute Gasteiger partial charge is 0.317 e. The SMILES string of the molecule is CSC1CCC(NC(=O)N(C)CCCC(=O)O)C1. The van der Waals surface area contributed by atoms with E-state index in [1.165, 1.54) is 0 Å². The van der Waals surface area contributed by atoms with Crippen LogP contribution in [0.1, 0.15) is 32.1 Å². The molecule has 2 unspecified atom stereocenters. The molecule has 0 aromatic rings. The molecule has 0 heterocycles. The van der Waals surface area contributed by atoms with Gasteiger partial charge in [-0.05, 0) is 31.9 Å². The van der Waals surface area contributed by atoms with Crippen LogP contribution in [0.3, 0.4) is 0 Å². The summed E-state index contributed by atoms with van der Waals surface area (Å²) in [5.41, 5.74) is 0. The van der Waals surface area contributed by atoms with Crippen LogP contribution in [-0.2, 0) is 4.79 Å². The Labute approximate surface area is 112 Å². The molecular formula is C12H22N2O3S. The van der Waals surface area contributed by atoms with Gasteiger partial charge in [0.2, 0.25) is 0 Å². The van der Waals surface area contributed by atoms with Crippen molar-refractivity contribution < 1.29 is 14.7 Å².